The topological polar surface area (TPSA) is 31.0 Å². The maximum absolute atomic E-state index is 6.50. The van der Waals surface area contributed by atoms with E-state index in [1.165, 1.54) is 11.4 Å². The number of likely N-dealkylation sites (N-methyl/N-ethyl adjacent to an activating group) is 1. The minimum absolute atomic E-state index is 0.589. The SMILES string of the molecule is CN(CCOP1N(c2ccccc2)CCN1c1ccccc1)C(=S)Nc1ccccc1. The lowest BCUT2D eigenvalue weighted by Gasteiger charge is -2.31. The summed E-state index contributed by atoms with van der Waals surface area (Å²) in [4.78, 5) is 2.02. The Balaban J connectivity index is 1.40. The Bertz CT molecular complexity index is 914. The molecule has 3 aromatic carbocycles. The molecule has 0 saturated carbocycles. The van der Waals surface area contributed by atoms with Crippen molar-refractivity contribution in [1.82, 2.24) is 4.90 Å². The van der Waals surface area contributed by atoms with Crippen LogP contribution in [-0.4, -0.2) is 43.3 Å². The third-order valence-electron chi connectivity index (χ3n) is 5.05. The van der Waals surface area contributed by atoms with E-state index in [1.807, 2.05) is 54.4 Å². The minimum atomic E-state index is -0.946. The van der Waals surface area contributed by atoms with E-state index in [2.05, 4.69) is 63.2 Å². The van der Waals surface area contributed by atoms with Crippen LogP contribution < -0.4 is 14.7 Å². The van der Waals surface area contributed by atoms with Gasteiger partial charge in [0, 0.05) is 43.7 Å². The van der Waals surface area contributed by atoms with Crippen molar-refractivity contribution in [3.8, 4) is 0 Å². The highest BCUT2D eigenvalue weighted by atomic mass is 32.1. The van der Waals surface area contributed by atoms with Gasteiger partial charge in [-0.1, -0.05) is 54.6 Å². The molecule has 1 saturated heterocycles. The summed E-state index contributed by atoms with van der Waals surface area (Å²) in [6.07, 6.45) is 0. The molecule has 0 spiro atoms. The normalized spacial score (nSPS) is 14.0. The number of anilines is 3. The van der Waals surface area contributed by atoms with E-state index in [-0.39, 0.29) is 0 Å². The quantitative estimate of drug-likeness (QED) is 0.373. The summed E-state index contributed by atoms with van der Waals surface area (Å²) in [5.41, 5.74) is 3.38. The average Bonchev–Trinajstić information content (AvgIpc) is 3.24. The third kappa shape index (κ3) is 5.53. The summed E-state index contributed by atoms with van der Waals surface area (Å²) >= 11 is 5.55. The molecule has 1 fully saturated rings. The Kier molecular flexibility index (Phi) is 7.36. The van der Waals surface area contributed by atoms with Crippen molar-refractivity contribution >= 4 is 42.8 Å². The molecule has 5 nitrogen and oxygen atoms in total. The molecule has 0 radical (unpaired) electrons. The smallest absolute Gasteiger partial charge is 0.248 e. The summed E-state index contributed by atoms with van der Waals surface area (Å²) in [7, 11) is 1.05. The largest absolute Gasteiger partial charge is 0.350 e. The number of para-hydroxylation sites is 3. The lowest BCUT2D eigenvalue weighted by molar-refractivity contribution is 0.311. The molecule has 3 aromatic rings. The van der Waals surface area contributed by atoms with Gasteiger partial charge in [0.15, 0.2) is 5.11 Å². The van der Waals surface area contributed by atoms with Crippen molar-refractivity contribution in [2.75, 3.05) is 47.9 Å². The molecule has 0 amide bonds. The predicted octanol–water partition coefficient (Wildman–Crippen LogP) is 5.59. The lowest BCUT2D eigenvalue weighted by atomic mass is 10.3. The van der Waals surface area contributed by atoms with E-state index in [4.69, 9.17) is 16.7 Å². The molecule has 0 bridgehead atoms. The van der Waals surface area contributed by atoms with Gasteiger partial charge in [-0.2, -0.15) is 0 Å². The molecule has 1 heterocycles. The molecule has 0 unspecified atom stereocenters. The van der Waals surface area contributed by atoms with E-state index in [0.29, 0.717) is 18.3 Å². The maximum Gasteiger partial charge on any atom is 0.248 e. The summed E-state index contributed by atoms with van der Waals surface area (Å²) in [6, 6.07) is 31.0. The van der Waals surface area contributed by atoms with Crippen molar-refractivity contribution in [3.05, 3.63) is 91.0 Å². The fourth-order valence-corrected chi connectivity index (χ4v) is 5.56. The van der Waals surface area contributed by atoms with Crippen LogP contribution in [0.4, 0.5) is 17.1 Å². The maximum atomic E-state index is 6.50. The van der Waals surface area contributed by atoms with Crippen LogP contribution in [0.2, 0.25) is 0 Å². The first-order valence-electron chi connectivity index (χ1n) is 10.4. The van der Waals surface area contributed by atoms with Crippen molar-refractivity contribution in [3.63, 3.8) is 0 Å². The van der Waals surface area contributed by atoms with Gasteiger partial charge in [0.1, 0.15) is 0 Å². The van der Waals surface area contributed by atoms with Crippen molar-refractivity contribution in [2.24, 2.45) is 0 Å². The molecular weight excluding hydrogens is 423 g/mol. The van der Waals surface area contributed by atoms with E-state index in [0.717, 1.165) is 18.8 Å². The molecule has 0 atom stereocenters. The summed E-state index contributed by atoms with van der Waals surface area (Å²) in [6.45, 7) is 3.18. The summed E-state index contributed by atoms with van der Waals surface area (Å²) < 4.78 is 11.3. The Morgan fingerprint density at radius 2 is 1.35 bits per heavy atom. The van der Waals surface area contributed by atoms with Crippen LogP contribution in [-0.2, 0) is 4.52 Å². The Labute approximate surface area is 191 Å². The first kappa shape index (κ1) is 21.6. The van der Waals surface area contributed by atoms with Crippen LogP contribution in [0, 0.1) is 0 Å². The molecule has 4 rings (SSSR count). The molecule has 1 aliphatic rings. The van der Waals surface area contributed by atoms with Crippen LogP contribution in [0.15, 0.2) is 91.0 Å². The predicted molar refractivity (Wildman–Crippen MR) is 136 cm³/mol. The van der Waals surface area contributed by atoms with Crippen LogP contribution in [0.3, 0.4) is 0 Å². The summed E-state index contributed by atoms with van der Waals surface area (Å²) in [5.74, 6) is 0. The van der Waals surface area contributed by atoms with Gasteiger partial charge in [0.25, 0.3) is 0 Å². The van der Waals surface area contributed by atoms with Gasteiger partial charge in [-0.25, -0.2) is 0 Å². The summed E-state index contributed by atoms with van der Waals surface area (Å²) in [5, 5.41) is 3.96. The second-order valence-corrected chi connectivity index (χ2v) is 9.34. The molecule has 1 aliphatic heterocycles. The first-order chi connectivity index (χ1) is 15.2. The first-order valence-corrected chi connectivity index (χ1v) is 11.9. The number of nitrogens with zero attached hydrogens (tertiary/aromatic N) is 3. The zero-order chi connectivity index (χ0) is 21.5. The fraction of sp³-hybridized carbons (Fsp3) is 0.208. The second-order valence-electron chi connectivity index (χ2n) is 7.22. The molecule has 0 aromatic heterocycles. The minimum Gasteiger partial charge on any atom is -0.350 e. The van der Waals surface area contributed by atoms with Gasteiger partial charge in [0.05, 0.1) is 6.61 Å². The van der Waals surface area contributed by atoms with Gasteiger partial charge >= 0.3 is 0 Å². The van der Waals surface area contributed by atoms with E-state index < -0.39 is 8.45 Å². The molecule has 1 N–H and O–H groups in total. The van der Waals surface area contributed by atoms with E-state index in [9.17, 15) is 0 Å². The fourth-order valence-electron chi connectivity index (χ4n) is 3.39. The highest BCUT2D eigenvalue weighted by Crippen LogP contribution is 2.53. The Morgan fingerprint density at radius 3 is 1.87 bits per heavy atom. The number of hydrogen-bond acceptors (Lipinski definition) is 4. The van der Waals surface area contributed by atoms with Gasteiger partial charge < -0.3 is 24.1 Å². The number of benzene rings is 3. The third-order valence-corrected chi connectivity index (χ3v) is 7.57. The molecule has 160 valence electrons. The number of rotatable bonds is 7. The van der Waals surface area contributed by atoms with Crippen molar-refractivity contribution in [2.45, 2.75) is 0 Å². The van der Waals surface area contributed by atoms with Gasteiger partial charge in [-0.15, -0.1) is 0 Å². The Morgan fingerprint density at radius 1 is 0.871 bits per heavy atom. The number of hydrogen-bond donors (Lipinski definition) is 1. The van der Waals surface area contributed by atoms with Crippen molar-refractivity contribution in [1.29, 1.82) is 0 Å². The average molecular weight is 451 g/mol. The monoisotopic (exact) mass is 450 g/mol. The second kappa shape index (κ2) is 10.6. The van der Waals surface area contributed by atoms with Crippen LogP contribution in [0.1, 0.15) is 0 Å². The van der Waals surface area contributed by atoms with Gasteiger partial charge in [-0.3, -0.25) is 0 Å². The standard InChI is InChI=1S/C24H27N4OPS/c1-26(24(31)25-21-11-5-2-6-12-21)19-20-29-30-27(22-13-7-3-8-14-22)17-18-28(30)23-15-9-4-10-16-23/h2-16H,17-20H2,1H3,(H,25,31). The van der Waals surface area contributed by atoms with Gasteiger partial charge in [-0.05, 0) is 48.6 Å². The number of nitrogens with one attached hydrogen (secondary N) is 1. The lowest BCUT2D eigenvalue weighted by Crippen LogP contribution is -2.34. The highest BCUT2D eigenvalue weighted by Gasteiger charge is 2.34. The molecule has 31 heavy (non-hydrogen) atoms. The van der Waals surface area contributed by atoms with Crippen LogP contribution in [0.5, 0.6) is 0 Å². The zero-order valence-electron chi connectivity index (χ0n) is 17.6. The Hall–Kier alpha value is -2.66. The van der Waals surface area contributed by atoms with E-state index >= 15 is 0 Å². The van der Waals surface area contributed by atoms with E-state index in [1.54, 1.807) is 0 Å². The van der Waals surface area contributed by atoms with Crippen LogP contribution in [0.25, 0.3) is 0 Å². The highest BCUT2D eigenvalue weighted by molar-refractivity contribution is 7.80. The van der Waals surface area contributed by atoms with Gasteiger partial charge in [0.2, 0.25) is 8.45 Å². The molecule has 0 aliphatic carbocycles. The van der Waals surface area contributed by atoms with Crippen LogP contribution >= 0.6 is 20.7 Å². The van der Waals surface area contributed by atoms with Crippen molar-refractivity contribution < 1.29 is 4.52 Å². The number of thiocarbonyl (C=S) groups is 1. The molecule has 7 heteroatoms. The molecular formula is C24H27N4OPS. The zero-order valence-corrected chi connectivity index (χ0v) is 19.3.